The number of hydrogen-bond acceptors (Lipinski definition) is 5. The zero-order chi connectivity index (χ0) is 21.8. The molecule has 2 amide bonds. The van der Waals surface area contributed by atoms with E-state index in [1.807, 2.05) is 30.1 Å². The second-order valence-corrected chi connectivity index (χ2v) is 7.69. The highest BCUT2D eigenvalue weighted by atomic mass is 35.5. The molecule has 1 aliphatic rings. The molecule has 158 valence electrons. The van der Waals surface area contributed by atoms with Crippen molar-refractivity contribution in [2.45, 2.75) is 25.8 Å². The monoisotopic (exact) mass is 430 g/mol. The molecule has 30 heavy (non-hydrogen) atoms. The van der Waals surface area contributed by atoms with Gasteiger partial charge in [0.2, 0.25) is 11.8 Å². The predicted molar refractivity (Wildman–Crippen MR) is 116 cm³/mol. The standard InChI is InChI=1S/C21H23ClN4O4/c1-14-13-15(26(29)30)7-8-17(14)23-20(27)10-11-24(2)19-9-12-25(21(19)28)18-6-4-3-5-16(18)22/h3-8,13,19H,9-12H2,1-2H3,(H,23,27). The van der Waals surface area contributed by atoms with E-state index in [4.69, 9.17) is 11.6 Å². The van der Waals surface area contributed by atoms with Crippen LogP contribution in [0.25, 0.3) is 0 Å². The molecule has 0 aliphatic carbocycles. The van der Waals surface area contributed by atoms with E-state index in [9.17, 15) is 19.7 Å². The van der Waals surface area contributed by atoms with Crippen molar-refractivity contribution in [3.05, 3.63) is 63.2 Å². The third-order valence-corrected chi connectivity index (χ3v) is 5.56. The van der Waals surface area contributed by atoms with Gasteiger partial charge in [-0.1, -0.05) is 23.7 Å². The van der Waals surface area contributed by atoms with Crippen LogP contribution in [0, 0.1) is 17.0 Å². The topological polar surface area (TPSA) is 95.8 Å². The number of nitrogens with one attached hydrogen (secondary N) is 1. The minimum absolute atomic E-state index is 0.0203. The third kappa shape index (κ3) is 4.77. The normalized spacial score (nSPS) is 16.2. The lowest BCUT2D eigenvalue weighted by atomic mass is 10.1. The first-order chi connectivity index (χ1) is 14.3. The Morgan fingerprint density at radius 1 is 1.33 bits per heavy atom. The van der Waals surface area contributed by atoms with Crippen LogP contribution in [0.1, 0.15) is 18.4 Å². The van der Waals surface area contributed by atoms with E-state index in [2.05, 4.69) is 5.32 Å². The quantitative estimate of drug-likeness (QED) is 0.534. The fourth-order valence-corrected chi connectivity index (χ4v) is 3.77. The average Bonchev–Trinajstić information content (AvgIpc) is 3.09. The molecular weight excluding hydrogens is 408 g/mol. The van der Waals surface area contributed by atoms with Crippen molar-refractivity contribution in [2.75, 3.05) is 30.4 Å². The number of non-ortho nitro benzene ring substituents is 1. The second kappa shape index (κ2) is 9.23. The van der Waals surface area contributed by atoms with Gasteiger partial charge >= 0.3 is 0 Å². The Labute approximate surface area is 179 Å². The smallest absolute Gasteiger partial charge is 0.269 e. The summed E-state index contributed by atoms with van der Waals surface area (Å²) in [7, 11) is 1.82. The highest BCUT2D eigenvalue weighted by Gasteiger charge is 2.35. The van der Waals surface area contributed by atoms with Crippen LogP contribution in [0.5, 0.6) is 0 Å². The predicted octanol–water partition coefficient (Wildman–Crippen LogP) is 3.62. The maximum absolute atomic E-state index is 12.8. The number of benzene rings is 2. The van der Waals surface area contributed by atoms with E-state index >= 15 is 0 Å². The molecule has 0 radical (unpaired) electrons. The summed E-state index contributed by atoms with van der Waals surface area (Å²) in [5.74, 6) is -0.246. The van der Waals surface area contributed by atoms with Gasteiger partial charge in [0, 0.05) is 37.3 Å². The van der Waals surface area contributed by atoms with Gasteiger partial charge in [-0.3, -0.25) is 24.6 Å². The molecule has 2 aromatic carbocycles. The molecule has 0 spiro atoms. The van der Waals surface area contributed by atoms with Gasteiger partial charge in [-0.2, -0.15) is 0 Å². The van der Waals surface area contributed by atoms with Gasteiger partial charge in [-0.15, -0.1) is 0 Å². The van der Waals surface area contributed by atoms with Crippen molar-refractivity contribution >= 4 is 40.5 Å². The zero-order valence-electron chi connectivity index (χ0n) is 16.8. The summed E-state index contributed by atoms with van der Waals surface area (Å²) in [5, 5.41) is 14.1. The van der Waals surface area contributed by atoms with Crippen LogP contribution in [-0.2, 0) is 9.59 Å². The van der Waals surface area contributed by atoms with Gasteiger partial charge in [0.05, 0.1) is 21.7 Å². The second-order valence-electron chi connectivity index (χ2n) is 7.28. The van der Waals surface area contributed by atoms with E-state index in [0.29, 0.717) is 41.5 Å². The van der Waals surface area contributed by atoms with Crippen molar-refractivity contribution in [1.29, 1.82) is 0 Å². The lowest BCUT2D eigenvalue weighted by molar-refractivity contribution is -0.384. The number of halogens is 1. The Morgan fingerprint density at radius 2 is 2.07 bits per heavy atom. The Bertz CT molecular complexity index is 981. The van der Waals surface area contributed by atoms with Crippen LogP contribution >= 0.6 is 11.6 Å². The number of likely N-dealkylation sites (N-methyl/N-ethyl adjacent to an activating group) is 1. The van der Waals surface area contributed by atoms with Gasteiger partial charge in [0.15, 0.2) is 0 Å². The van der Waals surface area contributed by atoms with Crippen LogP contribution in [-0.4, -0.2) is 47.8 Å². The molecule has 3 rings (SSSR count). The summed E-state index contributed by atoms with van der Waals surface area (Å²) in [4.78, 5) is 39.1. The van der Waals surface area contributed by atoms with E-state index in [0.717, 1.165) is 0 Å². The van der Waals surface area contributed by atoms with E-state index in [1.54, 1.807) is 17.9 Å². The van der Waals surface area contributed by atoms with Crippen molar-refractivity contribution < 1.29 is 14.5 Å². The van der Waals surface area contributed by atoms with Crippen LogP contribution in [0.15, 0.2) is 42.5 Å². The van der Waals surface area contributed by atoms with Crippen molar-refractivity contribution in [2.24, 2.45) is 0 Å². The van der Waals surface area contributed by atoms with Crippen LogP contribution in [0.2, 0.25) is 5.02 Å². The maximum Gasteiger partial charge on any atom is 0.269 e. The molecule has 1 atom stereocenters. The largest absolute Gasteiger partial charge is 0.326 e. The first-order valence-corrected chi connectivity index (χ1v) is 9.96. The Kier molecular flexibility index (Phi) is 6.69. The molecule has 0 bridgehead atoms. The van der Waals surface area contributed by atoms with Crippen molar-refractivity contribution in [3.63, 3.8) is 0 Å². The van der Waals surface area contributed by atoms with Crippen LogP contribution in [0.3, 0.4) is 0 Å². The number of nitrogens with zero attached hydrogens (tertiary/aromatic N) is 3. The fourth-order valence-electron chi connectivity index (χ4n) is 3.53. The number of amides is 2. The lowest BCUT2D eigenvalue weighted by Crippen LogP contribution is -2.41. The van der Waals surface area contributed by atoms with Crippen LogP contribution < -0.4 is 10.2 Å². The number of carbonyl (C=O) groups excluding carboxylic acids is 2. The number of carbonyl (C=O) groups is 2. The molecule has 8 nitrogen and oxygen atoms in total. The minimum Gasteiger partial charge on any atom is -0.326 e. The molecule has 1 fully saturated rings. The van der Waals surface area contributed by atoms with Gasteiger partial charge in [-0.25, -0.2) is 0 Å². The number of anilines is 2. The molecule has 9 heteroatoms. The summed E-state index contributed by atoms with van der Waals surface area (Å²) < 4.78 is 0. The highest BCUT2D eigenvalue weighted by molar-refractivity contribution is 6.33. The SMILES string of the molecule is Cc1cc([N+](=O)[O-])ccc1NC(=O)CCN(C)C1CCN(c2ccccc2Cl)C1=O. The molecule has 0 aromatic heterocycles. The van der Waals surface area contributed by atoms with Crippen molar-refractivity contribution in [1.82, 2.24) is 4.90 Å². The van der Waals surface area contributed by atoms with E-state index in [1.165, 1.54) is 18.2 Å². The van der Waals surface area contributed by atoms with Crippen molar-refractivity contribution in [3.8, 4) is 0 Å². The van der Waals surface area contributed by atoms with Gasteiger partial charge in [-0.05, 0) is 44.2 Å². The fraction of sp³-hybridized carbons (Fsp3) is 0.333. The number of aryl methyl sites for hydroxylation is 1. The molecule has 1 saturated heterocycles. The number of nitro benzene ring substituents is 1. The number of para-hydroxylation sites is 1. The summed E-state index contributed by atoms with van der Waals surface area (Å²) in [6.45, 7) is 2.69. The molecular formula is C21H23ClN4O4. The molecule has 1 heterocycles. The third-order valence-electron chi connectivity index (χ3n) is 5.24. The van der Waals surface area contributed by atoms with E-state index < -0.39 is 4.92 Å². The molecule has 1 aliphatic heterocycles. The summed E-state index contributed by atoms with van der Waals surface area (Å²) in [6, 6.07) is 11.2. The first-order valence-electron chi connectivity index (χ1n) is 9.59. The summed E-state index contributed by atoms with van der Waals surface area (Å²) in [5.41, 5.74) is 1.84. The Balaban J connectivity index is 1.55. The Morgan fingerprint density at radius 3 is 2.73 bits per heavy atom. The van der Waals surface area contributed by atoms with Crippen LogP contribution in [0.4, 0.5) is 17.1 Å². The minimum atomic E-state index is -0.474. The summed E-state index contributed by atoms with van der Waals surface area (Å²) >= 11 is 6.22. The maximum atomic E-state index is 12.8. The number of hydrogen-bond donors (Lipinski definition) is 1. The summed E-state index contributed by atoms with van der Waals surface area (Å²) in [6.07, 6.45) is 0.854. The van der Waals surface area contributed by atoms with Gasteiger partial charge < -0.3 is 10.2 Å². The Hall–Kier alpha value is -2.97. The molecule has 2 aromatic rings. The highest BCUT2D eigenvalue weighted by Crippen LogP contribution is 2.30. The number of nitro groups is 1. The van der Waals surface area contributed by atoms with Gasteiger partial charge in [0.25, 0.3) is 5.69 Å². The average molecular weight is 431 g/mol. The zero-order valence-corrected chi connectivity index (χ0v) is 17.6. The first kappa shape index (κ1) is 21.7. The molecule has 0 saturated carbocycles. The lowest BCUT2D eigenvalue weighted by Gasteiger charge is -2.24. The molecule has 1 unspecified atom stereocenters. The van der Waals surface area contributed by atoms with E-state index in [-0.39, 0.29) is 30.0 Å². The molecule has 1 N–H and O–H groups in total. The van der Waals surface area contributed by atoms with Gasteiger partial charge in [0.1, 0.15) is 0 Å². The number of rotatable bonds is 7.